The highest BCUT2D eigenvalue weighted by molar-refractivity contribution is 7.88. The number of pyridine rings is 1. The third kappa shape index (κ3) is 4.84. The summed E-state index contributed by atoms with van der Waals surface area (Å²) < 4.78 is 19.7. The van der Waals surface area contributed by atoms with Gasteiger partial charge in [0.1, 0.15) is 12.1 Å². The van der Waals surface area contributed by atoms with Gasteiger partial charge in [-0.15, -0.1) is 4.72 Å². The van der Waals surface area contributed by atoms with E-state index >= 15 is 0 Å². The predicted octanol–water partition coefficient (Wildman–Crippen LogP) is 2.93. The van der Waals surface area contributed by atoms with Gasteiger partial charge in [0.05, 0.1) is 35.5 Å². The van der Waals surface area contributed by atoms with Crippen LogP contribution >= 0.6 is 11.6 Å². The number of halogens is 1. The highest BCUT2D eigenvalue weighted by Crippen LogP contribution is 2.30. The average Bonchev–Trinajstić information content (AvgIpc) is 3.08. The second kappa shape index (κ2) is 8.89. The van der Waals surface area contributed by atoms with Gasteiger partial charge in [-0.05, 0) is 25.1 Å². The molecule has 0 amide bonds. The van der Waals surface area contributed by atoms with Gasteiger partial charge in [0.25, 0.3) is 0 Å². The van der Waals surface area contributed by atoms with Gasteiger partial charge in [-0.2, -0.15) is 0 Å². The fourth-order valence-corrected chi connectivity index (χ4v) is 4.44. The van der Waals surface area contributed by atoms with Crippen LogP contribution in [0.2, 0.25) is 5.02 Å². The van der Waals surface area contributed by atoms with E-state index in [1.54, 1.807) is 6.26 Å². The zero-order chi connectivity index (χ0) is 20.4. The van der Waals surface area contributed by atoms with E-state index in [2.05, 4.69) is 36.7 Å². The van der Waals surface area contributed by atoms with Crippen molar-refractivity contribution in [1.82, 2.24) is 19.7 Å². The number of anilines is 1. The summed E-state index contributed by atoms with van der Waals surface area (Å²) in [5, 5.41) is 0.577. The van der Waals surface area contributed by atoms with Crippen LogP contribution in [-0.4, -0.2) is 58.1 Å². The van der Waals surface area contributed by atoms with Crippen LogP contribution in [0.25, 0.3) is 22.4 Å². The van der Waals surface area contributed by atoms with Crippen molar-refractivity contribution in [1.29, 1.82) is 0 Å². The number of aromatic amines is 1. The Bertz CT molecular complexity index is 973. The minimum absolute atomic E-state index is 0.0315. The summed E-state index contributed by atoms with van der Waals surface area (Å²) in [5.74, 6) is 0.786. The first-order valence-corrected chi connectivity index (χ1v) is 11.5. The van der Waals surface area contributed by atoms with Crippen LogP contribution in [0.1, 0.15) is 12.7 Å². The SMILES string of the molecule is CC(Cc1nc2nc(-c3ccc(N4CCOCC4)cc3)c(Cl)cc2[nH]1)N[S+](C)[O-]. The zero-order valence-electron chi connectivity index (χ0n) is 16.4. The first-order valence-electron chi connectivity index (χ1n) is 9.57. The second-order valence-corrected chi connectivity index (χ2v) is 8.75. The molecule has 1 fully saturated rings. The number of H-pyrrole nitrogens is 1. The van der Waals surface area contributed by atoms with Gasteiger partial charge in [0.15, 0.2) is 5.65 Å². The van der Waals surface area contributed by atoms with Gasteiger partial charge < -0.3 is 19.2 Å². The summed E-state index contributed by atoms with van der Waals surface area (Å²) in [6, 6.07) is 10.2. The molecule has 3 heterocycles. The van der Waals surface area contributed by atoms with Crippen molar-refractivity contribution < 1.29 is 9.29 Å². The van der Waals surface area contributed by atoms with E-state index in [-0.39, 0.29) is 6.04 Å². The molecule has 2 N–H and O–H groups in total. The molecule has 0 spiro atoms. The quantitative estimate of drug-likeness (QED) is 0.581. The third-order valence-corrected chi connectivity index (χ3v) is 5.88. The van der Waals surface area contributed by atoms with Gasteiger partial charge >= 0.3 is 0 Å². The molecule has 0 bridgehead atoms. The highest BCUT2D eigenvalue weighted by Gasteiger charge is 2.16. The highest BCUT2D eigenvalue weighted by atomic mass is 35.5. The van der Waals surface area contributed by atoms with Gasteiger partial charge in [0.2, 0.25) is 0 Å². The molecule has 154 valence electrons. The van der Waals surface area contributed by atoms with E-state index in [1.807, 2.05) is 25.1 Å². The van der Waals surface area contributed by atoms with Crippen molar-refractivity contribution in [2.24, 2.45) is 0 Å². The monoisotopic (exact) mass is 433 g/mol. The molecule has 7 nitrogen and oxygen atoms in total. The van der Waals surface area contributed by atoms with Crippen molar-refractivity contribution >= 4 is 39.8 Å². The molecule has 4 rings (SSSR count). The number of hydrogen-bond acceptors (Lipinski definition) is 6. The Labute approximate surface area is 178 Å². The number of benzene rings is 1. The summed E-state index contributed by atoms with van der Waals surface area (Å²) in [6.07, 6.45) is 2.24. The number of fused-ring (bicyclic) bond motifs is 1. The van der Waals surface area contributed by atoms with Crippen molar-refractivity contribution in [3.63, 3.8) is 0 Å². The van der Waals surface area contributed by atoms with E-state index in [4.69, 9.17) is 16.3 Å². The molecule has 1 aliphatic heterocycles. The Morgan fingerprint density at radius 1 is 1.28 bits per heavy atom. The van der Waals surface area contributed by atoms with Crippen LogP contribution in [0.4, 0.5) is 5.69 Å². The maximum atomic E-state index is 11.3. The minimum atomic E-state index is -1.06. The second-order valence-electron chi connectivity index (χ2n) is 7.20. The number of rotatable bonds is 6. The normalized spacial score (nSPS) is 16.9. The molecule has 1 aliphatic rings. The Kier molecular flexibility index (Phi) is 6.26. The van der Waals surface area contributed by atoms with Crippen LogP contribution < -0.4 is 9.62 Å². The van der Waals surface area contributed by atoms with Crippen LogP contribution in [-0.2, 0) is 22.5 Å². The molecular formula is C20H24ClN5O2S. The smallest absolute Gasteiger partial charge is 0.178 e. The molecule has 0 saturated carbocycles. The summed E-state index contributed by atoms with van der Waals surface area (Å²) in [5.41, 5.74) is 4.26. The Balaban J connectivity index is 1.56. The largest absolute Gasteiger partial charge is 0.598 e. The molecule has 0 radical (unpaired) electrons. The number of nitrogens with one attached hydrogen (secondary N) is 2. The number of imidazole rings is 1. The first kappa shape index (κ1) is 20.4. The summed E-state index contributed by atoms with van der Waals surface area (Å²) in [6.45, 7) is 5.29. The zero-order valence-corrected chi connectivity index (χ0v) is 18.0. The number of hydrogen-bond donors (Lipinski definition) is 2. The maximum Gasteiger partial charge on any atom is 0.178 e. The predicted molar refractivity (Wildman–Crippen MR) is 118 cm³/mol. The lowest BCUT2D eigenvalue weighted by Crippen LogP contribution is -2.36. The van der Waals surface area contributed by atoms with E-state index in [0.29, 0.717) is 22.8 Å². The Hall–Kier alpha value is -1.84. The molecule has 9 heteroatoms. The minimum Gasteiger partial charge on any atom is -0.598 e. The van der Waals surface area contributed by atoms with Crippen molar-refractivity contribution in [3.05, 3.63) is 41.2 Å². The van der Waals surface area contributed by atoms with Crippen LogP contribution in [0.5, 0.6) is 0 Å². The number of morpholine rings is 1. The molecule has 2 unspecified atom stereocenters. The molecular weight excluding hydrogens is 410 g/mol. The Morgan fingerprint density at radius 3 is 2.69 bits per heavy atom. The van der Waals surface area contributed by atoms with Crippen LogP contribution in [0.3, 0.4) is 0 Å². The lowest BCUT2D eigenvalue weighted by atomic mass is 10.1. The summed E-state index contributed by atoms with van der Waals surface area (Å²) in [4.78, 5) is 14.8. The molecule has 29 heavy (non-hydrogen) atoms. The fourth-order valence-electron chi connectivity index (χ4n) is 3.53. The van der Waals surface area contributed by atoms with Gasteiger partial charge in [-0.25, -0.2) is 9.97 Å². The van der Waals surface area contributed by atoms with Crippen molar-refractivity contribution in [2.45, 2.75) is 19.4 Å². The molecule has 0 aliphatic carbocycles. The third-order valence-electron chi connectivity index (χ3n) is 4.86. The van der Waals surface area contributed by atoms with Gasteiger partial charge in [0, 0.05) is 42.1 Å². The number of ether oxygens (including phenoxy) is 1. The van der Waals surface area contributed by atoms with Crippen LogP contribution in [0.15, 0.2) is 30.3 Å². The van der Waals surface area contributed by atoms with E-state index in [9.17, 15) is 4.55 Å². The molecule has 1 saturated heterocycles. The summed E-state index contributed by atoms with van der Waals surface area (Å²) in [7, 11) is 0. The van der Waals surface area contributed by atoms with E-state index in [1.165, 1.54) is 5.69 Å². The van der Waals surface area contributed by atoms with Crippen LogP contribution in [0, 0.1) is 0 Å². The maximum absolute atomic E-state index is 11.3. The lowest BCUT2D eigenvalue weighted by Gasteiger charge is -2.28. The fraction of sp³-hybridized carbons (Fsp3) is 0.400. The Morgan fingerprint density at radius 2 is 2.00 bits per heavy atom. The van der Waals surface area contributed by atoms with Crippen molar-refractivity contribution in [3.8, 4) is 11.3 Å². The standard InChI is InChI=1S/C20H24ClN5O2S/c1-13(25-29(2)27)11-18-22-17-12-16(21)19(24-20(17)23-18)14-3-5-15(6-4-14)26-7-9-28-10-8-26/h3-6,12-13,25H,7-11H2,1-2H3,(H,22,23,24). The van der Waals surface area contributed by atoms with Crippen molar-refractivity contribution in [2.75, 3.05) is 37.5 Å². The summed E-state index contributed by atoms with van der Waals surface area (Å²) >= 11 is 5.46. The number of aromatic nitrogens is 3. The first-order chi connectivity index (χ1) is 14.0. The average molecular weight is 434 g/mol. The number of nitrogens with zero attached hydrogens (tertiary/aromatic N) is 3. The van der Waals surface area contributed by atoms with Gasteiger partial charge in [-0.1, -0.05) is 23.7 Å². The molecule has 2 atom stereocenters. The molecule has 3 aromatic rings. The van der Waals surface area contributed by atoms with E-state index < -0.39 is 11.4 Å². The lowest BCUT2D eigenvalue weighted by molar-refractivity contribution is 0.122. The van der Waals surface area contributed by atoms with E-state index in [0.717, 1.165) is 43.2 Å². The molecule has 2 aromatic heterocycles. The molecule has 1 aromatic carbocycles. The topological polar surface area (TPSA) is 89.1 Å². The van der Waals surface area contributed by atoms with Gasteiger partial charge in [-0.3, -0.25) is 0 Å².